The van der Waals surface area contributed by atoms with E-state index >= 15 is 0 Å². The van der Waals surface area contributed by atoms with Gasteiger partial charge in [0.1, 0.15) is 5.69 Å². The minimum atomic E-state index is -0.232. The van der Waals surface area contributed by atoms with Crippen LogP contribution in [0.1, 0.15) is 0 Å². The fraction of sp³-hybridized carbons (Fsp3) is 0. The van der Waals surface area contributed by atoms with E-state index in [1.165, 1.54) is 0 Å². The van der Waals surface area contributed by atoms with Gasteiger partial charge in [-0.3, -0.25) is 10.9 Å². The summed E-state index contributed by atoms with van der Waals surface area (Å²) in [4.78, 5) is 12.8. The number of aromatic nitrogens is 1. The first-order valence-corrected chi connectivity index (χ1v) is 4.82. The number of anilines is 1. The zero-order valence-electron chi connectivity index (χ0n) is 8.02. The number of hydrogen-bond donors (Lipinski definition) is 4. The summed E-state index contributed by atoms with van der Waals surface area (Å²) >= 11 is 4.55. The molecule has 1 aromatic carbocycles. The fourth-order valence-electron chi connectivity index (χ4n) is 1.39. The predicted octanol–water partition coefficient (Wildman–Crippen LogP) is 1.84. The molecule has 0 aliphatic carbocycles. The lowest BCUT2D eigenvalue weighted by Gasteiger charge is -2.04. The van der Waals surface area contributed by atoms with Crippen molar-refractivity contribution in [3.8, 4) is 5.88 Å². The molecule has 0 radical (unpaired) electrons. The van der Waals surface area contributed by atoms with Crippen molar-refractivity contribution in [1.82, 2.24) is 10.4 Å². The average Bonchev–Trinajstić information content (AvgIpc) is 2.62. The summed E-state index contributed by atoms with van der Waals surface area (Å²) in [5.41, 5.74) is 6.20. The molecular weight excluding hydrogens is 228 g/mol. The summed E-state index contributed by atoms with van der Waals surface area (Å²) in [5.74, 6) is -0.0394. The lowest BCUT2D eigenvalue weighted by atomic mass is 10.2. The zero-order valence-corrected chi connectivity index (χ0v) is 8.84. The third kappa shape index (κ3) is 1.80. The number of fused-ring (bicyclic) bond motifs is 1. The monoisotopic (exact) mass is 236 g/mol. The summed E-state index contributed by atoms with van der Waals surface area (Å²) in [6.45, 7) is 0. The molecule has 2 rings (SSSR count). The number of H-pyrrole nitrogens is 1. The molecule has 0 aliphatic heterocycles. The van der Waals surface area contributed by atoms with E-state index in [1.807, 2.05) is 24.3 Å². The third-order valence-corrected chi connectivity index (χ3v) is 2.24. The molecule has 0 aliphatic rings. The standard InChI is InChI=1S/C9H8N4O2S/c14-8-7(11-12-9(16)13-15)5-3-1-2-4-6(5)10-8/h1-4,10-11,14H,(H,12,16). The Morgan fingerprint density at radius 2 is 2.19 bits per heavy atom. The largest absolute Gasteiger partial charge is 0.493 e. The molecule has 0 bridgehead atoms. The molecule has 0 saturated heterocycles. The number of rotatable bonds is 2. The highest BCUT2D eigenvalue weighted by atomic mass is 32.1. The van der Waals surface area contributed by atoms with Crippen molar-refractivity contribution < 1.29 is 5.11 Å². The van der Waals surface area contributed by atoms with E-state index in [9.17, 15) is 10.0 Å². The number of nitroso groups, excluding NO2 is 1. The van der Waals surface area contributed by atoms with Gasteiger partial charge in [0, 0.05) is 10.6 Å². The minimum absolute atomic E-state index is 0.0394. The Labute approximate surface area is 95.6 Å². The molecule has 1 aromatic heterocycles. The van der Waals surface area contributed by atoms with E-state index < -0.39 is 0 Å². The number of nitrogens with zero attached hydrogens (tertiary/aromatic N) is 1. The van der Waals surface area contributed by atoms with Gasteiger partial charge in [0.2, 0.25) is 5.88 Å². The molecule has 4 N–H and O–H groups in total. The number of para-hydroxylation sites is 1. The highest BCUT2D eigenvalue weighted by Gasteiger charge is 2.09. The van der Waals surface area contributed by atoms with Crippen molar-refractivity contribution in [2.75, 3.05) is 5.43 Å². The zero-order chi connectivity index (χ0) is 11.5. The van der Waals surface area contributed by atoms with Crippen LogP contribution < -0.4 is 10.9 Å². The van der Waals surface area contributed by atoms with Gasteiger partial charge in [-0.2, -0.15) is 0 Å². The van der Waals surface area contributed by atoms with Crippen LogP contribution in [0, 0.1) is 4.91 Å². The molecule has 7 heteroatoms. The van der Waals surface area contributed by atoms with Crippen LogP contribution in [0.3, 0.4) is 0 Å². The number of thiocarbonyl (C=S) groups is 1. The molecule has 0 fully saturated rings. The molecule has 0 unspecified atom stereocenters. The first kappa shape index (κ1) is 10.4. The van der Waals surface area contributed by atoms with E-state index in [0.717, 1.165) is 10.9 Å². The van der Waals surface area contributed by atoms with Gasteiger partial charge in [-0.05, 0) is 18.3 Å². The maximum atomic E-state index is 10.0. The minimum Gasteiger partial charge on any atom is -0.493 e. The van der Waals surface area contributed by atoms with Crippen molar-refractivity contribution in [2.45, 2.75) is 0 Å². The first-order valence-electron chi connectivity index (χ1n) is 4.41. The van der Waals surface area contributed by atoms with Gasteiger partial charge in [-0.1, -0.05) is 18.2 Å². The van der Waals surface area contributed by atoms with Gasteiger partial charge in [-0.25, -0.2) is 0 Å². The lowest BCUT2D eigenvalue weighted by Crippen LogP contribution is -2.25. The van der Waals surface area contributed by atoms with Crippen LogP contribution in [0.15, 0.2) is 29.4 Å². The normalized spacial score (nSPS) is 10.0. The van der Waals surface area contributed by atoms with Crippen molar-refractivity contribution in [2.24, 2.45) is 5.18 Å². The lowest BCUT2D eigenvalue weighted by molar-refractivity contribution is 0.460. The number of hydrazine groups is 1. The Hall–Kier alpha value is -2.15. The fourth-order valence-corrected chi connectivity index (χ4v) is 1.44. The predicted molar refractivity (Wildman–Crippen MR) is 65.1 cm³/mol. The van der Waals surface area contributed by atoms with Crippen LogP contribution in [0.5, 0.6) is 5.88 Å². The summed E-state index contributed by atoms with van der Waals surface area (Å²) in [7, 11) is 0. The molecule has 0 amide bonds. The molecule has 1 heterocycles. The summed E-state index contributed by atoms with van der Waals surface area (Å²) in [5, 5.41) is 12.7. The molecule has 0 spiro atoms. The molecule has 0 saturated carbocycles. The number of aromatic amines is 1. The second-order valence-corrected chi connectivity index (χ2v) is 3.43. The van der Waals surface area contributed by atoms with Crippen LogP contribution in [0.25, 0.3) is 10.9 Å². The third-order valence-electron chi connectivity index (χ3n) is 2.06. The topological polar surface area (TPSA) is 89.5 Å². The van der Waals surface area contributed by atoms with Gasteiger partial charge < -0.3 is 10.1 Å². The molecular formula is C9H8N4O2S. The van der Waals surface area contributed by atoms with Crippen molar-refractivity contribution in [1.29, 1.82) is 0 Å². The maximum Gasteiger partial charge on any atom is 0.254 e. The van der Waals surface area contributed by atoms with Crippen LogP contribution in [0.4, 0.5) is 5.69 Å². The molecule has 82 valence electrons. The number of benzene rings is 1. The Bertz CT molecular complexity index is 551. The van der Waals surface area contributed by atoms with Gasteiger partial charge in [0.25, 0.3) is 5.11 Å². The van der Waals surface area contributed by atoms with E-state index in [1.54, 1.807) is 0 Å². The van der Waals surface area contributed by atoms with Crippen LogP contribution in [-0.4, -0.2) is 15.2 Å². The van der Waals surface area contributed by atoms with Gasteiger partial charge in [-0.15, -0.1) is 4.91 Å². The molecule has 16 heavy (non-hydrogen) atoms. The number of aromatic hydroxyl groups is 1. The first-order chi connectivity index (χ1) is 7.72. The average molecular weight is 236 g/mol. The SMILES string of the molecule is O=NC(=S)NNc1c(O)[nH]c2ccccc12. The molecule has 0 atom stereocenters. The summed E-state index contributed by atoms with van der Waals surface area (Å²) < 4.78 is 0. The van der Waals surface area contributed by atoms with E-state index in [0.29, 0.717) is 5.69 Å². The Kier molecular flexibility index (Phi) is 2.69. The van der Waals surface area contributed by atoms with E-state index in [2.05, 4.69) is 33.2 Å². The summed E-state index contributed by atoms with van der Waals surface area (Å²) in [6.07, 6.45) is 0. The summed E-state index contributed by atoms with van der Waals surface area (Å²) in [6, 6.07) is 7.30. The number of hydrogen-bond acceptors (Lipinski definition) is 4. The van der Waals surface area contributed by atoms with Crippen molar-refractivity contribution >= 4 is 33.9 Å². The van der Waals surface area contributed by atoms with E-state index in [4.69, 9.17) is 0 Å². The number of nitrogens with one attached hydrogen (secondary N) is 3. The van der Waals surface area contributed by atoms with Gasteiger partial charge >= 0.3 is 0 Å². The highest BCUT2D eigenvalue weighted by molar-refractivity contribution is 7.80. The van der Waals surface area contributed by atoms with Crippen LogP contribution in [-0.2, 0) is 0 Å². The Morgan fingerprint density at radius 3 is 2.94 bits per heavy atom. The second kappa shape index (κ2) is 4.15. The van der Waals surface area contributed by atoms with Gasteiger partial charge in [0.15, 0.2) is 0 Å². The molecule has 2 aromatic rings. The quantitative estimate of drug-likeness (QED) is 0.363. The van der Waals surface area contributed by atoms with Crippen molar-refractivity contribution in [3.05, 3.63) is 29.2 Å². The van der Waals surface area contributed by atoms with E-state index in [-0.39, 0.29) is 11.0 Å². The second-order valence-electron chi connectivity index (χ2n) is 3.04. The molecule has 6 nitrogen and oxygen atoms in total. The van der Waals surface area contributed by atoms with Gasteiger partial charge in [0.05, 0.1) is 5.52 Å². The Balaban J connectivity index is 2.32. The van der Waals surface area contributed by atoms with Crippen molar-refractivity contribution in [3.63, 3.8) is 0 Å². The van der Waals surface area contributed by atoms with Crippen LogP contribution in [0.2, 0.25) is 0 Å². The Morgan fingerprint density at radius 1 is 1.44 bits per heavy atom. The highest BCUT2D eigenvalue weighted by Crippen LogP contribution is 2.31. The van der Waals surface area contributed by atoms with Crippen LogP contribution >= 0.6 is 12.2 Å². The maximum absolute atomic E-state index is 10.0. The smallest absolute Gasteiger partial charge is 0.254 e.